The van der Waals surface area contributed by atoms with Gasteiger partial charge in [0.15, 0.2) is 6.61 Å². The van der Waals surface area contributed by atoms with E-state index in [1.165, 1.54) is 0 Å². The molecule has 2 rings (SSSR count). The molecular weight excluding hydrogens is 370 g/mol. The van der Waals surface area contributed by atoms with Crippen LogP contribution in [0.4, 0.5) is 16.2 Å². The maximum atomic E-state index is 12.4. The second-order valence-corrected chi connectivity index (χ2v) is 7.11. The molecule has 154 valence electrons. The normalized spacial score (nSPS) is 11.5. The summed E-state index contributed by atoms with van der Waals surface area (Å²) in [5, 5.41) is 8.01. The Hall–Kier alpha value is -3.35. The number of carbonyl (C=O) groups excluding carboxylic acids is 3. The van der Waals surface area contributed by atoms with Crippen LogP contribution in [0, 0.1) is 19.8 Å². The minimum atomic E-state index is -0.883. The highest BCUT2D eigenvalue weighted by atomic mass is 16.5. The first-order valence-corrected chi connectivity index (χ1v) is 9.43. The van der Waals surface area contributed by atoms with Crippen LogP contribution >= 0.6 is 0 Å². The van der Waals surface area contributed by atoms with E-state index >= 15 is 0 Å². The molecule has 0 saturated heterocycles. The highest BCUT2D eigenvalue weighted by molar-refractivity contribution is 5.95. The lowest BCUT2D eigenvalue weighted by atomic mass is 10.1. The average Bonchev–Trinajstić information content (AvgIpc) is 2.68. The molecule has 0 saturated carbocycles. The van der Waals surface area contributed by atoms with Gasteiger partial charge in [-0.2, -0.15) is 0 Å². The number of para-hydroxylation sites is 2. The largest absolute Gasteiger partial charge is 0.454 e. The molecular formula is C22H27N3O4. The molecule has 0 fully saturated rings. The number of benzene rings is 2. The number of amides is 3. The van der Waals surface area contributed by atoms with Crippen LogP contribution in [0.5, 0.6) is 0 Å². The maximum absolute atomic E-state index is 12.4. The number of esters is 1. The number of nitrogens with one attached hydrogen (secondary N) is 3. The number of ether oxygens (including phenoxy) is 1. The summed E-state index contributed by atoms with van der Waals surface area (Å²) in [7, 11) is 0. The van der Waals surface area contributed by atoms with E-state index in [0.717, 1.165) is 11.1 Å². The summed E-state index contributed by atoms with van der Waals surface area (Å²) in [6, 6.07) is 13.2. The van der Waals surface area contributed by atoms with Crippen molar-refractivity contribution < 1.29 is 19.1 Å². The molecule has 0 spiro atoms. The lowest BCUT2D eigenvalue weighted by Crippen LogP contribution is -2.47. The fourth-order valence-electron chi connectivity index (χ4n) is 2.74. The number of hydrogen-bond acceptors (Lipinski definition) is 4. The number of aryl methyl sites for hydroxylation is 2. The zero-order valence-corrected chi connectivity index (χ0v) is 17.1. The van der Waals surface area contributed by atoms with Crippen molar-refractivity contribution >= 4 is 29.3 Å². The van der Waals surface area contributed by atoms with Gasteiger partial charge >= 0.3 is 12.0 Å². The Morgan fingerprint density at radius 1 is 0.897 bits per heavy atom. The van der Waals surface area contributed by atoms with Crippen molar-refractivity contribution in [2.45, 2.75) is 33.7 Å². The van der Waals surface area contributed by atoms with Crippen LogP contribution in [0.15, 0.2) is 48.5 Å². The number of urea groups is 1. The Balaban J connectivity index is 1.90. The van der Waals surface area contributed by atoms with Crippen LogP contribution in [-0.2, 0) is 14.3 Å². The van der Waals surface area contributed by atoms with Gasteiger partial charge in [0, 0.05) is 11.4 Å². The van der Waals surface area contributed by atoms with Gasteiger partial charge in [-0.25, -0.2) is 9.59 Å². The summed E-state index contributed by atoms with van der Waals surface area (Å²) in [6.07, 6.45) is 0. The fraction of sp³-hybridized carbons (Fsp3) is 0.318. The zero-order valence-electron chi connectivity index (χ0n) is 17.1. The summed E-state index contributed by atoms with van der Waals surface area (Å²) in [4.78, 5) is 36.8. The predicted octanol–water partition coefficient (Wildman–Crippen LogP) is 3.63. The summed E-state index contributed by atoms with van der Waals surface area (Å²) in [5.74, 6) is -1.32. The van der Waals surface area contributed by atoms with E-state index in [-0.39, 0.29) is 5.92 Å². The molecule has 7 heteroatoms. The van der Waals surface area contributed by atoms with E-state index < -0.39 is 30.6 Å². The van der Waals surface area contributed by atoms with Crippen molar-refractivity contribution in [1.29, 1.82) is 0 Å². The van der Waals surface area contributed by atoms with Crippen molar-refractivity contribution in [3.63, 3.8) is 0 Å². The van der Waals surface area contributed by atoms with E-state index in [0.29, 0.717) is 11.4 Å². The molecule has 1 atom stereocenters. The third-order valence-electron chi connectivity index (χ3n) is 4.33. The molecule has 0 aliphatic carbocycles. The lowest BCUT2D eigenvalue weighted by Gasteiger charge is -2.21. The molecule has 0 heterocycles. The molecule has 0 radical (unpaired) electrons. The molecule has 0 aliphatic heterocycles. The van der Waals surface area contributed by atoms with Crippen LogP contribution < -0.4 is 16.0 Å². The van der Waals surface area contributed by atoms with Crippen molar-refractivity contribution in [1.82, 2.24) is 5.32 Å². The smallest absolute Gasteiger partial charge is 0.329 e. The van der Waals surface area contributed by atoms with Crippen LogP contribution in [0.3, 0.4) is 0 Å². The average molecular weight is 397 g/mol. The Bertz CT molecular complexity index is 845. The number of carbonyl (C=O) groups is 3. The van der Waals surface area contributed by atoms with Gasteiger partial charge in [0.05, 0.1) is 0 Å². The molecule has 3 N–H and O–H groups in total. The number of hydrogen-bond donors (Lipinski definition) is 3. The van der Waals surface area contributed by atoms with Crippen LogP contribution in [0.1, 0.15) is 25.0 Å². The Morgan fingerprint density at radius 3 is 2.10 bits per heavy atom. The van der Waals surface area contributed by atoms with Crippen LogP contribution in [0.25, 0.3) is 0 Å². The summed E-state index contributed by atoms with van der Waals surface area (Å²) < 4.78 is 5.14. The topological polar surface area (TPSA) is 96.5 Å². The molecule has 29 heavy (non-hydrogen) atoms. The van der Waals surface area contributed by atoms with Gasteiger partial charge in [0.1, 0.15) is 6.04 Å². The van der Waals surface area contributed by atoms with Crippen molar-refractivity contribution in [3.05, 3.63) is 59.7 Å². The quantitative estimate of drug-likeness (QED) is 0.622. The van der Waals surface area contributed by atoms with Gasteiger partial charge in [-0.1, -0.05) is 50.2 Å². The minimum Gasteiger partial charge on any atom is -0.454 e. The van der Waals surface area contributed by atoms with Gasteiger partial charge in [0.25, 0.3) is 5.91 Å². The third kappa shape index (κ3) is 6.64. The molecule has 2 aromatic rings. The van der Waals surface area contributed by atoms with E-state index in [9.17, 15) is 14.4 Å². The van der Waals surface area contributed by atoms with Gasteiger partial charge in [-0.15, -0.1) is 0 Å². The molecule has 7 nitrogen and oxygen atoms in total. The molecule has 3 amide bonds. The van der Waals surface area contributed by atoms with Crippen molar-refractivity contribution in [2.24, 2.45) is 5.92 Å². The van der Waals surface area contributed by atoms with E-state index in [1.54, 1.807) is 38.1 Å². The number of anilines is 2. The van der Waals surface area contributed by atoms with E-state index in [2.05, 4.69) is 16.0 Å². The summed E-state index contributed by atoms with van der Waals surface area (Å²) >= 11 is 0. The second kappa shape index (κ2) is 10.3. The standard InChI is InChI=1S/C22H27N3O4/c1-14(2)19(25-22(28)23-17-11-6-5-7-12-17)21(27)29-13-18(26)24-20-15(3)9-8-10-16(20)4/h5-12,14,19H,13H2,1-4H3,(H,24,26)(H2,23,25,28)/t19-/m0/s1. The first kappa shape index (κ1) is 21.9. The predicted molar refractivity (Wildman–Crippen MR) is 113 cm³/mol. The monoisotopic (exact) mass is 397 g/mol. The first-order chi connectivity index (χ1) is 13.8. The molecule has 0 bridgehead atoms. The highest BCUT2D eigenvalue weighted by Gasteiger charge is 2.26. The SMILES string of the molecule is Cc1cccc(C)c1NC(=O)COC(=O)[C@@H](NC(=O)Nc1ccccc1)C(C)C. The highest BCUT2D eigenvalue weighted by Crippen LogP contribution is 2.19. The Morgan fingerprint density at radius 2 is 1.52 bits per heavy atom. The fourth-order valence-corrected chi connectivity index (χ4v) is 2.74. The molecule has 0 aliphatic rings. The van der Waals surface area contributed by atoms with Crippen LogP contribution in [0.2, 0.25) is 0 Å². The number of rotatable bonds is 7. The van der Waals surface area contributed by atoms with Crippen LogP contribution in [-0.4, -0.2) is 30.6 Å². The lowest BCUT2D eigenvalue weighted by molar-refractivity contribution is -0.150. The zero-order chi connectivity index (χ0) is 21.4. The first-order valence-electron chi connectivity index (χ1n) is 9.43. The molecule has 0 aromatic heterocycles. The molecule has 2 aromatic carbocycles. The van der Waals surface area contributed by atoms with Gasteiger partial charge in [-0.05, 0) is 43.0 Å². The summed E-state index contributed by atoms with van der Waals surface area (Å²) in [5.41, 5.74) is 3.15. The van der Waals surface area contributed by atoms with Gasteiger partial charge in [0.2, 0.25) is 0 Å². The maximum Gasteiger partial charge on any atom is 0.329 e. The van der Waals surface area contributed by atoms with E-state index in [4.69, 9.17) is 4.74 Å². The van der Waals surface area contributed by atoms with Gasteiger partial charge < -0.3 is 20.7 Å². The Kier molecular flexibility index (Phi) is 7.77. The third-order valence-corrected chi connectivity index (χ3v) is 4.33. The van der Waals surface area contributed by atoms with Crippen molar-refractivity contribution in [3.8, 4) is 0 Å². The van der Waals surface area contributed by atoms with Gasteiger partial charge in [-0.3, -0.25) is 4.79 Å². The molecule has 0 unspecified atom stereocenters. The van der Waals surface area contributed by atoms with Crippen molar-refractivity contribution in [2.75, 3.05) is 17.2 Å². The minimum absolute atomic E-state index is 0.217. The second-order valence-electron chi connectivity index (χ2n) is 7.11. The summed E-state index contributed by atoms with van der Waals surface area (Å²) in [6.45, 7) is 6.91. The Labute approximate surface area is 170 Å². The van der Waals surface area contributed by atoms with E-state index in [1.807, 2.05) is 38.1 Å².